The highest BCUT2D eigenvalue weighted by atomic mass is 35.5. The Morgan fingerprint density at radius 1 is 1.26 bits per heavy atom. The first-order chi connectivity index (χ1) is 10.3. The minimum atomic E-state index is -4.31. The molecule has 0 aromatic heterocycles. The summed E-state index contributed by atoms with van der Waals surface area (Å²) in [4.78, 5) is 14.2. The monoisotopic (exact) mass is 368 g/mol. The quantitative estimate of drug-likeness (QED) is 0.822. The first-order valence-corrected chi connectivity index (χ1v) is 7.98. The third-order valence-electron chi connectivity index (χ3n) is 3.91. The van der Waals surface area contributed by atoms with Crippen LogP contribution in [0.5, 0.6) is 0 Å². The molecule has 1 saturated heterocycles. The van der Waals surface area contributed by atoms with Gasteiger partial charge in [0, 0.05) is 29.6 Å². The highest BCUT2D eigenvalue weighted by Crippen LogP contribution is 2.36. The van der Waals surface area contributed by atoms with Crippen molar-refractivity contribution < 1.29 is 18.0 Å². The molecule has 0 aliphatic carbocycles. The van der Waals surface area contributed by atoms with Gasteiger partial charge in [-0.2, -0.15) is 13.2 Å². The number of piperidine rings is 1. The fourth-order valence-electron chi connectivity index (χ4n) is 2.61. The molecule has 1 aliphatic heterocycles. The van der Waals surface area contributed by atoms with Gasteiger partial charge >= 0.3 is 5.51 Å². The number of nitrogens with zero attached hydrogens (tertiary/aromatic N) is 1. The Kier molecular flexibility index (Phi) is 7.23. The van der Waals surface area contributed by atoms with Crippen LogP contribution in [0.3, 0.4) is 0 Å². The van der Waals surface area contributed by atoms with Gasteiger partial charge < -0.3 is 10.6 Å². The summed E-state index contributed by atoms with van der Waals surface area (Å²) in [5.74, 6) is 0.293. The van der Waals surface area contributed by atoms with Crippen LogP contribution in [0.1, 0.15) is 30.1 Å². The van der Waals surface area contributed by atoms with Crippen molar-refractivity contribution in [2.24, 2.45) is 11.7 Å². The fraction of sp³-hybridized carbons (Fsp3) is 0.533. The van der Waals surface area contributed by atoms with E-state index in [-0.39, 0.29) is 41.0 Å². The first-order valence-electron chi connectivity index (χ1n) is 7.17. The lowest BCUT2D eigenvalue weighted by atomic mass is 9.90. The molecule has 1 aromatic rings. The summed E-state index contributed by atoms with van der Waals surface area (Å²) in [6.07, 6.45) is 1.73. The van der Waals surface area contributed by atoms with Gasteiger partial charge in [-0.05, 0) is 61.7 Å². The zero-order valence-corrected chi connectivity index (χ0v) is 14.3. The molecule has 8 heteroatoms. The van der Waals surface area contributed by atoms with Crippen molar-refractivity contribution in [3.05, 3.63) is 29.8 Å². The maximum Gasteiger partial charge on any atom is 0.446 e. The largest absolute Gasteiger partial charge is 0.446 e. The number of thioether (sulfide) groups is 1. The van der Waals surface area contributed by atoms with Gasteiger partial charge in [0.25, 0.3) is 5.91 Å². The van der Waals surface area contributed by atoms with E-state index in [2.05, 4.69) is 0 Å². The number of rotatable bonds is 3. The minimum Gasteiger partial charge on any atom is -0.339 e. The van der Waals surface area contributed by atoms with Gasteiger partial charge in [0.15, 0.2) is 0 Å². The number of halogens is 4. The molecule has 1 aromatic carbocycles. The van der Waals surface area contributed by atoms with Crippen molar-refractivity contribution in [2.45, 2.75) is 36.2 Å². The molecule has 1 heterocycles. The van der Waals surface area contributed by atoms with Crippen LogP contribution in [-0.2, 0) is 0 Å². The van der Waals surface area contributed by atoms with Crippen molar-refractivity contribution in [2.75, 3.05) is 13.1 Å². The maximum absolute atomic E-state index is 12.3. The number of likely N-dealkylation sites (tertiary alicyclic amines) is 1. The van der Waals surface area contributed by atoms with Gasteiger partial charge in [0.2, 0.25) is 0 Å². The molecular formula is C15H20ClF3N2OS. The van der Waals surface area contributed by atoms with Crippen LogP contribution in [0.2, 0.25) is 0 Å². The summed E-state index contributed by atoms with van der Waals surface area (Å²) in [5.41, 5.74) is 1.98. The third-order valence-corrected chi connectivity index (χ3v) is 4.64. The Morgan fingerprint density at radius 2 is 1.78 bits per heavy atom. The van der Waals surface area contributed by atoms with Gasteiger partial charge in [-0.15, -0.1) is 12.4 Å². The van der Waals surface area contributed by atoms with Crippen LogP contribution in [0.4, 0.5) is 13.2 Å². The Balaban J connectivity index is 0.00000264. The summed E-state index contributed by atoms with van der Waals surface area (Å²) in [6, 6.07) is 5.69. The SMILES string of the molecule is CC(N)C1CCN(C(=O)c2ccc(SC(F)(F)F)cc2)CC1.Cl. The molecule has 3 nitrogen and oxygen atoms in total. The van der Waals surface area contributed by atoms with Crippen molar-refractivity contribution in [3.8, 4) is 0 Å². The molecule has 130 valence electrons. The molecule has 0 radical (unpaired) electrons. The molecular weight excluding hydrogens is 349 g/mol. The van der Waals surface area contributed by atoms with Crippen molar-refractivity contribution >= 4 is 30.1 Å². The van der Waals surface area contributed by atoms with Crippen molar-refractivity contribution in [1.29, 1.82) is 0 Å². The van der Waals surface area contributed by atoms with E-state index in [0.717, 1.165) is 12.8 Å². The average molecular weight is 369 g/mol. The normalized spacial score (nSPS) is 17.5. The third kappa shape index (κ3) is 5.90. The zero-order chi connectivity index (χ0) is 16.3. The first kappa shape index (κ1) is 20.1. The molecule has 0 bridgehead atoms. The van der Waals surface area contributed by atoms with Crippen molar-refractivity contribution in [1.82, 2.24) is 4.90 Å². The standard InChI is InChI=1S/C15H19F3N2OS.ClH/c1-10(19)11-6-8-20(9-7-11)14(21)12-2-4-13(5-3-12)22-15(16,17)18;/h2-5,10-11H,6-9,19H2,1H3;1H. The number of carbonyl (C=O) groups excluding carboxylic acids is 1. The lowest BCUT2D eigenvalue weighted by Gasteiger charge is -2.33. The molecule has 23 heavy (non-hydrogen) atoms. The molecule has 1 aliphatic rings. The Morgan fingerprint density at radius 3 is 2.22 bits per heavy atom. The van der Waals surface area contributed by atoms with E-state index < -0.39 is 5.51 Å². The Bertz CT molecular complexity index is 514. The number of amides is 1. The van der Waals surface area contributed by atoms with Crippen LogP contribution in [-0.4, -0.2) is 35.4 Å². The van der Waals surface area contributed by atoms with Gasteiger partial charge in [-0.3, -0.25) is 4.79 Å². The number of carbonyl (C=O) groups is 1. The second-order valence-electron chi connectivity index (χ2n) is 5.56. The number of alkyl halides is 3. The molecule has 2 rings (SSSR count). The topological polar surface area (TPSA) is 46.3 Å². The van der Waals surface area contributed by atoms with Crippen LogP contribution in [0, 0.1) is 5.92 Å². The lowest BCUT2D eigenvalue weighted by molar-refractivity contribution is -0.0328. The summed E-state index contributed by atoms with van der Waals surface area (Å²) in [5, 5.41) is 0. The molecule has 2 N–H and O–H groups in total. The highest BCUT2D eigenvalue weighted by Gasteiger charge is 2.29. The smallest absolute Gasteiger partial charge is 0.339 e. The van der Waals surface area contributed by atoms with Gasteiger partial charge in [-0.25, -0.2) is 0 Å². The van der Waals surface area contributed by atoms with E-state index in [1.807, 2.05) is 6.92 Å². The van der Waals surface area contributed by atoms with E-state index in [9.17, 15) is 18.0 Å². The molecule has 1 amide bonds. The molecule has 1 unspecified atom stereocenters. The van der Waals surface area contributed by atoms with E-state index >= 15 is 0 Å². The average Bonchev–Trinajstić information content (AvgIpc) is 2.46. The highest BCUT2D eigenvalue weighted by molar-refractivity contribution is 8.00. The number of hydrogen-bond donors (Lipinski definition) is 1. The lowest BCUT2D eigenvalue weighted by Crippen LogP contribution is -2.42. The predicted molar refractivity (Wildman–Crippen MR) is 87.9 cm³/mol. The molecule has 0 spiro atoms. The molecule has 0 saturated carbocycles. The predicted octanol–water partition coefficient (Wildman–Crippen LogP) is 3.92. The summed E-state index contributed by atoms with van der Waals surface area (Å²) in [6.45, 7) is 3.26. The number of nitrogens with two attached hydrogens (primary N) is 1. The van der Waals surface area contributed by atoms with Gasteiger partial charge in [0.1, 0.15) is 0 Å². The van der Waals surface area contributed by atoms with Crippen LogP contribution in [0.25, 0.3) is 0 Å². The molecule has 1 fully saturated rings. The summed E-state index contributed by atoms with van der Waals surface area (Å²) < 4.78 is 36.8. The zero-order valence-electron chi connectivity index (χ0n) is 12.7. The van der Waals surface area contributed by atoms with Gasteiger partial charge in [-0.1, -0.05) is 0 Å². The maximum atomic E-state index is 12.3. The minimum absolute atomic E-state index is 0. The molecule has 1 atom stereocenters. The second kappa shape index (κ2) is 8.26. The van der Waals surface area contributed by atoms with Crippen molar-refractivity contribution in [3.63, 3.8) is 0 Å². The van der Waals surface area contributed by atoms with Crippen LogP contribution < -0.4 is 5.73 Å². The number of benzene rings is 1. The second-order valence-corrected chi connectivity index (χ2v) is 6.70. The fourth-order valence-corrected chi connectivity index (χ4v) is 3.15. The van der Waals surface area contributed by atoms with E-state index in [1.54, 1.807) is 4.90 Å². The van der Waals surface area contributed by atoms with Gasteiger partial charge in [0.05, 0.1) is 0 Å². The summed E-state index contributed by atoms with van der Waals surface area (Å²) >= 11 is -0.179. The van der Waals surface area contributed by atoms with Crippen LogP contribution >= 0.6 is 24.2 Å². The number of hydrogen-bond acceptors (Lipinski definition) is 3. The van der Waals surface area contributed by atoms with Crippen LogP contribution in [0.15, 0.2) is 29.2 Å². The van der Waals surface area contributed by atoms with E-state index in [0.29, 0.717) is 24.6 Å². The Hall–Kier alpha value is -0.920. The summed E-state index contributed by atoms with van der Waals surface area (Å²) in [7, 11) is 0. The van der Waals surface area contributed by atoms with E-state index in [1.165, 1.54) is 24.3 Å². The van der Waals surface area contributed by atoms with E-state index in [4.69, 9.17) is 5.73 Å². The Labute approximate surface area is 144 Å².